The van der Waals surface area contributed by atoms with Gasteiger partial charge in [0.2, 0.25) is 5.91 Å². The monoisotopic (exact) mass is 386 g/mol. The summed E-state index contributed by atoms with van der Waals surface area (Å²) in [7, 11) is 1.80. The van der Waals surface area contributed by atoms with Gasteiger partial charge in [-0.05, 0) is 44.2 Å². The summed E-state index contributed by atoms with van der Waals surface area (Å²) in [4.78, 5) is 21.2. The number of aryl methyl sites for hydroxylation is 1. The van der Waals surface area contributed by atoms with Gasteiger partial charge in [0.15, 0.2) is 5.96 Å². The minimum absolute atomic E-state index is 0.0457. The first-order valence-electron chi connectivity index (χ1n) is 10.5. The molecule has 6 heteroatoms. The van der Waals surface area contributed by atoms with Gasteiger partial charge in [0.1, 0.15) is 6.10 Å². The standard InChI is InChI=1S/C22H34N4O2/c1-17-8-4-5-10-19(17)20-16-25(14-15-28-20)22(23-3)24-12-11-21(27)26-13-7-6-9-18(26)2/h4-5,8,10,18,20H,6-7,9,11-16H2,1-3H3,(H,23,24). The number of nitrogens with one attached hydrogen (secondary N) is 1. The van der Waals surface area contributed by atoms with Gasteiger partial charge in [-0.25, -0.2) is 0 Å². The van der Waals surface area contributed by atoms with Crippen LogP contribution in [0, 0.1) is 6.92 Å². The third-order valence-electron chi connectivity index (χ3n) is 5.86. The molecule has 0 aliphatic carbocycles. The number of aliphatic imine (C=N–C) groups is 1. The highest BCUT2D eigenvalue weighted by molar-refractivity contribution is 5.81. The molecule has 1 aromatic carbocycles. The molecule has 2 saturated heterocycles. The van der Waals surface area contributed by atoms with Crippen molar-refractivity contribution in [3.63, 3.8) is 0 Å². The normalized spacial score (nSPS) is 23.6. The number of guanidine groups is 1. The van der Waals surface area contributed by atoms with Crippen molar-refractivity contribution in [1.82, 2.24) is 15.1 Å². The molecular weight excluding hydrogens is 352 g/mol. The van der Waals surface area contributed by atoms with E-state index in [0.29, 0.717) is 25.6 Å². The molecule has 1 amide bonds. The van der Waals surface area contributed by atoms with Crippen LogP contribution in [0.3, 0.4) is 0 Å². The summed E-state index contributed by atoms with van der Waals surface area (Å²) in [5, 5.41) is 3.38. The molecule has 0 radical (unpaired) electrons. The predicted molar refractivity (Wildman–Crippen MR) is 112 cm³/mol. The maximum absolute atomic E-state index is 12.5. The van der Waals surface area contributed by atoms with Crippen LogP contribution in [0.15, 0.2) is 29.3 Å². The number of hydrogen-bond donors (Lipinski definition) is 1. The average Bonchev–Trinajstić information content (AvgIpc) is 2.72. The Kier molecular flexibility index (Phi) is 7.31. The van der Waals surface area contributed by atoms with Crippen molar-refractivity contribution in [2.24, 2.45) is 4.99 Å². The molecule has 2 aliphatic heterocycles. The zero-order valence-corrected chi connectivity index (χ0v) is 17.5. The maximum Gasteiger partial charge on any atom is 0.224 e. The van der Waals surface area contributed by atoms with Crippen LogP contribution in [-0.4, -0.2) is 67.5 Å². The van der Waals surface area contributed by atoms with Crippen molar-refractivity contribution < 1.29 is 9.53 Å². The van der Waals surface area contributed by atoms with E-state index in [-0.39, 0.29) is 12.0 Å². The molecule has 2 atom stereocenters. The van der Waals surface area contributed by atoms with Gasteiger partial charge >= 0.3 is 0 Å². The molecule has 2 heterocycles. The highest BCUT2D eigenvalue weighted by Crippen LogP contribution is 2.25. The van der Waals surface area contributed by atoms with Crippen molar-refractivity contribution in [3.8, 4) is 0 Å². The summed E-state index contributed by atoms with van der Waals surface area (Å²) in [6, 6.07) is 8.75. The smallest absolute Gasteiger partial charge is 0.224 e. The topological polar surface area (TPSA) is 57.2 Å². The summed E-state index contributed by atoms with van der Waals surface area (Å²) in [6.45, 7) is 8.03. The zero-order chi connectivity index (χ0) is 19.9. The number of amides is 1. The largest absolute Gasteiger partial charge is 0.370 e. The fraction of sp³-hybridized carbons (Fsp3) is 0.636. The van der Waals surface area contributed by atoms with Crippen LogP contribution in [0.25, 0.3) is 0 Å². The van der Waals surface area contributed by atoms with Crippen LogP contribution in [0.4, 0.5) is 0 Å². The Labute approximate surface area is 168 Å². The number of morpholine rings is 1. The van der Waals surface area contributed by atoms with E-state index in [2.05, 4.69) is 53.3 Å². The lowest BCUT2D eigenvalue weighted by molar-refractivity contribution is -0.134. The van der Waals surface area contributed by atoms with Gasteiger partial charge in [0.25, 0.3) is 0 Å². The molecule has 2 fully saturated rings. The van der Waals surface area contributed by atoms with E-state index < -0.39 is 0 Å². The highest BCUT2D eigenvalue weighted by Gasteiger charge is 2.26. The van der Waals surface area contributed by atoms with Gasteiger partial charge in [-0.2, -0.15) is 0 Å². The first kappa shape index (κ1) is 20.6. The van der Waals surface area contributed by atoms with E-state index in [9.17, 15) is 4.79 Å². The number of carbonyl (C=O) groups excluding carboxylic acids is 1. The fourth-order valence-corrected chi connectivity index (χ4v) is 4.20. The number of carbonyl (C=O) groups is 1. The van der Waals surface area contributed by atoms with Gasteiger partial charge < -0.3 is 19.9 Å². The SMILES string of the molecule is CN=C(NCCC(=O)N1CCCCC1C)N1CCOC(c2ccccc2C)C1. The van der Waals surface area contributed by atoms with E-state index in [1.54, 1.807) is 7.05 Å². The summed E-state index contributed by atoms with van der Waals surface area (Å²) >= 11 is 0. The third kappa shape index (κ3) is 5.04. The molecule has 3 rings (SSSR count). The zero-order valence-electron chi connectivity index (χ0n) is 17.5. The second-order valence-corrected chi connectivity index (χ2v) is 7.82. The summed E-state index contributed by atoms with van der Waals surface area (Å²) in [6.07, 6.45) is 4.03. The molecule has 1 N–H and O–H groups in total. The molecule has 1 aromatic rings. The molecule has 0 bridgehead atoms. The molecule has 6 nitrogen and oxygen atoms in total. The van der Waals surface area contributed by atoms with Crippen LogP contribution < -0.4 is 5.32 Å². The van der Waals surface area contributed by atoms with Crippen molar-refractivity contribution in [2.45, 2.75) is 51.7 Å². The van der Waals surface area contributed by atoms with Crippen LogP contribution >= 0.6 is 0 Å². The number of likely N-dealkylation sites (tertiary alicyclic amines) is 1. The number of piperidine rings is 1. The number of rotatable bonds is 4. The summed E-state index contributed by atoms with van der Waals surface area (Å²) in [5.74, 6) is 1.09. The van der Waals surface area contributed by atoms with Gasteiger partial charge in [-0.15, -0.1) is 0 Å². The molecule has 2 aliphatic rings. The van der Waals surface area contributed by atoms with Crippen molar-refractivity contribution in [3.05, 3.63) is 35.4 Å². The minimum atomic E-state index is 0.0457. The van der Waals surface area contributed by atoms with E-state index in [0.717, 1.165) is 38.4 Å². The lowest BCUT2D eigenvalue weighted by Gasteiger charge is -2.36. The molecular formula is C22H34N4O2. The lowest BCUT2D eigenvalue weighted by atomic mass is 10.0. The van der Waals surface area contributed by atoms with Gasteiger partial charge in [-0.3, -0.25) is 9.79 Å². The van der Waals surface area contributed by atoms with Crippen molar-refractivity contribution in [2.75, 3.05) is 39.8 Å². The van der Waals surface area contributed by atoms with Gasteiger partial charge in [0.05, 0.1) is 13.2 Å². The number of benzene rings is 1. The second kappa shape index (κ2) is 9.92. The molecule has 0 saturated carbocycles. The molecule has 0 aromatic heterocycles. The van der Waals surface area contributed by atoms with Crippen LogP contribution in [0.5, 0.6) is 0 Å². The van der Waals surface area contributed by atoms with Crippen molar-refractivity contribution >= 4 is 11.9 Å². The third-order valence-corrected chi connectivity index (χ3v) is 5.86. The molecule has 154 valence electrons. The number of ether oxygens (including phenoxy) is 1. The van der Waals surface area contributed by atoms with Crippen LogP contribution in [0.2, 0.25) is 0 Å². The molecule has 2 unspecified atom stereocenters. The Morgan fingerprint density at radius 3 is 2.86 bits per heavy atom. The van der Waals surface area contributed by atoms with Gasteiger partial charge in [-0.1, -0.05) is 24.3 Å². The Hall–Kier alpha value is -2.08. The fourth-order valence-electron chi connectivity index (χ4n) is 4.20. The predicted octanol–water partition coefficient (Wildman–Crippen LogP) is 2.73. The first-order chi connectivity index (χ1) is 13.6. The molecule has 0 spiro atoms. The number of hydrogen-bond acceptors (Lipinski definition) is 3. The summed E-state index contributed by atoms with van der Waals surface area (Å²) < 4.78 is 6.02. The Morgan fingerprint density at radius 1 is 1.29 bits per heavy atom. The van der Waals surface area contributed by atoms with E-state index in [1.165, 1.54) is 17.5 Å². The molecule has 28 heavy (non-hydrogen) atoms. The van der Waals surface area contributed by atoms with Crippen LogP contribution in [-0.2, 0) is 9.53 Å². The van der Waals surface area contributed by atoms with Gasteiger partial charge in [0, 0.05) is 39.1 Å². The average molecular weight is 387 g/mol. The second-order valence-electron chi connectivity index (χ2n) is 7.82. The van der Waals surface area contributed by atoms with E-state index >= 15 is 0 Å². The minimum Gasteiger partial charge on any atom is -0.370 e. The first-order valence-corrected chi connectivity index (χ1v) is 10.5. The van der Waals surface area contributed by atoms with Crippen LogP contribution in [0.1, 0.15) is 49.8 Å². The Bertz CT molecular complexity index is 691. The lowest BCUT2D eigenvalue weighted by Crippen LogP contribution is -2.49. The number of nitrogens with zero attached hydrogens (tertiary/aromatic N) is 3. The maximum atomic E-state index is 12.5. The van der Waals surface area contributed by atoms with Crippen molar-refractivity contribution in [1.29, 1.82) is 0 Å². The summed E-state index contributed by atoms with van der Waals surface area (Å²) in [5.41, 5.74) is 2.48. The Morgan fingerprint density at radius 2 is 2.11 bits per heavy atom. The van der Waals surface area contributed by atoms with E-state index in [1.807, 2.05) is 4.90 Å². The Balaban J connectivity index is 1.52. The highest BCUT2D eigenvalue weighted by atomic mass is 16.5. The van der Waals surface area contributed by atoms with E-state index in [4.69, 9.17) is 4.74 Å². The quantitative estimate of drug-likeness (QED) is 0.639.